The number of hydrogen-bond acceptors (Lipinski definition) is 4. The number of benzene rings is 1. The molecule has 1 aliphatic heterocycles. The number of carbonyl (C=O) groups excluding carboxylic acids is 1. The Morgan fingerprint density at radius 1 is 1.29 bits per heavy atom. The molecule has 0 bridgehead atoms. The quantitative estimate of drug-likeness (QED) is 0.841. The first-order chi connectivity index (χ1) is 10.3. The summed E-state index contributed by atoms with van der Waals surface area (Å²) in [7, 11) is 3.11. The van der Waals surface area contributed by atoms with Crippen LogP contribution in [0.4, 0.5) is 0 Å². The maximum absolute atomic E-state index is 12.4. The standard InChI is InChI=1S/C16H24N2O3/c1-20-13-7-5-8-14(21-2)15(13)16(19)18-11-9-12-6-3-4-10-17-12/h5,7-8,12,17H,3-4,6,9-11H2,1-2H3,(H,18,19). The molecule has 0 radical (unpaired) electrons. The number of methoxy groups -OCH3 is 2. The SMILES string of the molecule is COc1cccc(OC)c1C(=O)NCCC1CCCCN1. The molecule has 5 heteroatoms. The number of nitrogens with one attached hydrogen (secondary N) is 2. The third-order valence-electron chi connectivity index (χ3n) is 3.85. The van der Waals surface area contributed by atoms with Crippen LogP contribution in [-0.4, -0.2) is 39.3 Å². The summed E-state index contributed by atoms with van der Waals surface area (Å²) in [4.78, 5) is 12.4. The Labute approximate surface area is 126 Å². The predicted molar refractivity (Wildman–Crippen MR) is 82.1 cm³/mol. The van der Waals surface area contributed by atoms with E-state index in [9.17, 15) is 4.79 Å². The minimum atomic E-state index is -0.153. The molecule has 0 saturated carbocycles. The van der Waals surface area contributed by atoms with Crippen molar-refractivity contribution < 1.29 is 14.3 Å². The van der Waals surface area contributed by atoms with Gasteiger partial charge in [0.05, 0.1) is 14.2 Å². The lowest BCUT2D eigenvalue weighted by Gasteiger charge is -2.23. The van der Waals surface area contributed by atoms with E-state index in [1.54, 1.807) is 32.4 Å². The van der Waals surface area contributed by atoms with Gasteiger partial charge in [0.1, 0.15) is 17.1 Å². The molecule has 1 amide bonds. The highest BCUT2D eigenvalue weighted by Gasteiger charge is 2.18. The number of piperidine rings is 1. The summed E-state index contributed by atoms with van der Waals surface area (Å²) in [6, 6.07) is 5.85. The topological polar surface area (TPSA) is 59.6 Å². The fourth-order valence-electron chi connectivity index (χ4n) is 2.69. The van der Waals surface area contributed by atoms with Crippen LogP contribution in [0.5, 0.6) is 11.5 Å². The van der Waals surface area contributed by atoms with Gasteiger partial charge in [0.2, 0.25) is 0 Å². The minimum absolute atomic E-state index is 0.153. The normalized spacial score (nSPS) is 18.1. The zero-order valence-corrected chi connectivity index (χ0v) is 12.8. The molecule has 1 aromatic carbocycles. The van der Waals surface area contributed by atoms with E-state index in [1.165, 1.54) is 19.3 Å². The second-order valence-electron chi connectivity index (χ2n) is 5.23. The summed E-state index contributed by atoms with van der Waals surface area (Å²) in [6.45, 7) is 1.73. The molecule has 0 aromatic heterocycles. The second kappa shape index (κ2) is 7.88. The molecule has 1 unspecified atom stereocenters. The van der Waals surface area contributed by atoms with Crippen LogP contribution < -0.4 is 20.1 Å². The summed E-state index contributed by atoms with van der Waals surface area (Å²) in [5.41, 5.74) is 0.458. The van der Waals surface area contributed by atoms with Crippen molar-refractivity contribution in [2.75, 3.05) is 27.3 Å². The highest BCUT2D eigenvalue weighted by atomic mass is 16.5. The molecule has 0 aliphatic carbocycles. The molecule has 1 fully saturated rings. The average Bonchev–Trinajstić information content (AvgIpc) is 2.54. The second-order valence-corrected chi connectivity index (χ2v) is 5.23. The Morgan fingerprint density at radius 3 is 2.57 bits per heavy atom. The van der Waals surface area contributed by atoms with E-state index in [4.69, 9.17) is 9.47 Å². The van der Waals surface area contributed by atoms with Crippen LogP contribution in [-0.2, 0) is 0 Å². The van der Waals surface area contributed by atoms with Gasteiger partial charge in [-0.2, -0.15) is 0 Å². The third-order valence-corrected chi connectivity index (χ3v) is 3.85. The van der Waals surface area contributed by atoms with Crippen molar-refractivity contribution in [3.05, 3.63) is 23.8 Å². The van der Waals surface area contributed by atoms with Gasteiger partial charge in [-0.25, -0.2) is 0 Å². The molecule has 21 heavy (non-hydrogen) atoms. The lowest BCUT2D eigenvalue weighted by molar-refractivity contribution is 0.0945. The summed E-state index contributed by atoms with van der Waals surface area (Å²) in [5.74, 6) is 0.908. The third kappa shape index (κ3) is 4.11. The van der Waals surface area contributed by atoms with Crippen molar-refractivity contribution in [3.8, 4) is 11.5 Å². The van der Waals surface area contributed by atoms with Gasteiger partial charge < -0.3 is 20.1 Å². The van der Waals surface area contributed by atoms with Gasteiger partial charge in [-0.05, 0) is 37.9 Å². The number of ether oxygens (including phenoxy) is 2. The fourth-order valence-corrected chi connectivity index (χ4v) is 2.69. The highest BCUT2D eigenvalue weighted by molar-refractivity contribution is 5.99. The Kier molecular flexibility index (Phi) is 5.87. The molecule has 2 rings (SSSR count). The van der Waals surface area contributed by atoms with Crippen molar-refractivity contribution in [1.29, 1.82) is 0 Å². The van der Waals surface area contributed by atoms with Crippen LogP contribution in [0.25, 0.3) is 0 Å². The average molecular weight is 292 g/mol. The van der Waals surface area contributed by atoms with Crippen molar-refractivity contribution >= 4 is 5.91 Å². The van der Waals surface area contributed by atoms with E-state index in [0.29, 0.717) is 29.6 Å². The molecule has 1 atom stereocenters. The first-order valence-electron chi connectivity index (χ1n) is 7.49. The zero-order valence-electron chi connectivity index (χ0n) is 12.8. The van der Waals surface area contributed by atoms with E-state index in [0.717, 1.165) is 13.0 Å². The van der Waals surface area contributed by atoms with E-state index in [-0.39, 0.29) is 5.91 Å². The molecule has 1 heterocycles. The lowest BCUT2D eigenvalue weighted by atomic mass is 10.0. The molecule has 2 N–H and O–H groups in total. The molecule has 5 nitrogen and oxygen atoms in total. The fraction of sp³-hybridized carbons (Fsp3) is 0.562. The number of rotatable bonds is 6. The smallest absolute Gasteiger partial charge is 0.258 e. The first-order valence-corrected chi connectivity index (χ1v) is 7.49. The predicted octanol–water partition coefficient (Wildman–Crippen LogP) is 1.97. The Balaban J connectivity index is 1.93. The molecule has 1 saturated heterocycles. The molecular weight excluding hydrogens is 268 g/mol. The Bertz CT molecular complexity index is 448. The number of amides is 1. The molecule has 1 aliphatic rings. The van der Waals surface area contributed by atoms with Gasteiger partial charge in [-0.1, -0.05) is 12.5 Å². The molecule has 116 valence electrons. The van der Waals surface area contributed by atoms with Gasteiger partial charge in [0.15, 0.2) is 0 Å². The number of carbonyl (C=O) groups is 1. The maximum atomic E-state index is 12.4. The summed E-state index contributed by atoms with van der Waals surface area (Å²) in [5, 5.41) is 6.43. The van der Waals surface area contributed by atoms with Crippen LogP contribution in [0.15, 0.2) is 18.2 Å². The van der Waals surface area contributed by atoms with E-state index in [2.05, 4.69) is 10.6 Å². The van der Waals surface area contributed by atoms with E-state index in [1.807, 2.05) is 0 Å². The number of hydrogen-bond donors (Lipinski definition) is 2. The van der Waals surface area contributed by atoms with Crippen LogP contribution in [0.3, 0.4) is 0 Å². The molecule has 0 spiro atoms. The van der Waals surface area contributed by atoms with Crippen molar-refractivity contribution in [3.63, 3.8) is 0 Å². The van der Waals surface area contributed by atoms with Gasteiger partial charge >= 0.3 is 0 Å². The van der Waals surface area contributed by atoms with Crippen LogP contribution in [0, 0.1) is 0 Å². The van der Waals surface area contributed by atoms with Gasteiger partial charge in [-0.15, -0.1) is 0 Å². The van der Waals surface area contributed by atoms with Crippen molar-refractivity contribution in [2.24, 2.45) is 0 Å². The monoisotopic (exact) mass is 292 g/mol. The summed E-state index contributed by atoms with van der Waals surface area (Å²) >= 11 is 0. The van der Waals surface area contributed by atoms with E-state index >= 15 is 0 Å². The van der Waals surface area contributed by atoms with Gasteiger partial charge in [0.25, 0.3) is 5.91 Å². The Morgan fingerprint density at radius 2 is 2.00 bits per heavy atom. The van der Waals surface area contributed by atoms with Crippen LogP contribution in [0.2, 0.25) is 0 Å². The van der Waals surface area contributed by atoms with Crippen molar-refractivity contribution in [2.45, 2.75) is 31.7 Å². The first kappa shape index (κ1) is 15.6. The minimum Gasteiger partial charge on any atom is -0.496 e. The van der Waals surface area contributed by atoms with E-state index < -0.39 is 0 Å². The molecule has 1 aromatic rings. The van der Waals surface area contributed by atoms with Gasteiger partial charge in [0, 0.05) is 12.6 Å². The van der Waals surface area contributed by atoms with Crippen LogP contribution in [0.1, 0.15) is 36.0 Å². The lowest BCUT2D eigenvalue weighted by Crippen LogP contribution is -2.37. The van der Waals surface area contributed by atoms with Crippen LogP contribution >= 0.6 is 0 Å². The molecular formula is C16H24N2O3. The zero-order chi connectivity index (χ0) is 15.1. The Hall–Kier alpha value is -1.75. The maximum Gasteiger partial charge on any atom is 0.258 e. The van der Waals surface area contributed by atoms with Gasteiger partial charge in [-0.3, -0.25) is 4.79 Å². The van der Waals surface area contributed by atoms with Crippen molar-refractivity contribution in [1.82, 2.24) is 10.6 Å². The highest BCUT2D eigenvalue weighted by Crippen LogP contribution is 2.27. The largest absolute Gasteiger partial charge is 0.496 e. The summed E-state index contributed by atoms with van der Waals surface area (Å²) < 4.78 is 10.5. The summed E-state index contributed by atoms with van der Waals surface area (Å²) in [6.07, 6.45) is 4.66.